The molecule has 1 aliphatic heterocycles. The van der Waals surface area contributed by atoms with Crippen LogP contribution in [0.1, 0.15) is 46.6 Å². The number of aromatic nitrogens is 1. The SMILES string of the molecule is O=C(CCc1cccc(F)c1)C(C(=O)N1CCC(c2cn(Cc3cccc(F)c3)c3ccccc23)C1)(c1ccc(Cl)cc1)c1ccc(Cl)cc1. The molecule has 50 heavy (non-hydrogen) atoms. The van der Waals surface area contributed by atoms with Crippen LogP contribution in [0.25, 0.3) is 10.9 Å². The molecule has 1 aliphatic rings. The summed E-state index contributed by atoms with van der Waals surface area (Å²) < 4.78 is 30.3. The minimum absolute atomic E-state index is 0.00524. The summed E-state index contributed by atoms with van der Waals surface area (Å²) in [5.74, 6) is -1.27. The maximum absolute atomic E-state index is 15.2. The first-order valence-electron chi connectivity index (χ1n) is 16.6. The number of hydrogen-bond donors (Lipinski definition) is 0. The molecule has 1 saturated heterocycles. The minimum Gasteiger partial charge on any atom is -0.343 e. The molecule has 0 aliphatic carbocycles. The summed E-state index contributed by atoms with van der Waals surface area (Å²) in [6, 6.07) is 34.6. The molecular weight excluding hydrogens is 673 g/mol. The Morgan fingerprint density at radius 3 is 1.98 bits per heavy atom. The van der Waals surface area contributed by atoms with Gasteiger partial charge in [0.2, 0.25) is 5.91 Å². The zero-order chi connectivity index (χ0) is 34.8. The Morgan fingerprint density at radius 2 is 1.34 bits per heavy atom. The van der Waals surface area contributed by atoms with Crippen molar-refractivity contribution in [1.29, 1.82) is 0 Å². The largest absolute Gasteiger partial charge is 0.343 e. The number of aryl methyl sites for hydroxylation is 1. The van der Waals surface area contributed by atoms with Crippen molar-refractivity contribution in [2.75, 3.05) is 13.1 Å². The fraction of sp³-hybridized carbons (Fsp3) is 0.190. The van der Waals surface area contributed by atoms with E-state index in [4.69, 9.17) is 23.2 Å². The Morgan fingerprint density at radius 1 is 0.740 bits per heavy atom. The highest BCUT2D eigenvalue weighted by molar-refractivity contribution is 6.31. The highest BCUT2D eigenvalue weighted by Gasteiger charge is 2.51. The first-order chi connectivity index (χ1) is 24.2. The van der Waals surface area contributed by atoms with E-state index in [0.29, 0.717) is 52.8 Å². The Kier molecular flexibility index (Phi) is 9.58. The van der Waals surface area contributed by atoms with Gasteiger partial charge < -0.3 is 9.47 Å². The van der Waals surface area contributed by atoms with Crippen molar-refractivity contribution < 1.29 is 18.4 Å². The fourth-order valence-corrected chi connectivity index (χ4v) is 7.64. The van der Waals surface area contributed by atoms with E-state index in [1.54, 1.807) is 77.7 Å². The summed E-state index contributed by atoms with van der Waals surface area (Å²) in [4.78, 5) is 31.8. The fourth-order valence-electron chi connectivity index (χ4n) is 7.39. The lowest BCUT2D eigenvalue weighted by atomic mass is 9.68. The summed E-state index contributed by atoms with van der Waals surface area (Å²) in [5.41, 5.74) is 2.98. The van der Waals surface area contributed by atoms with Crippen molar-refractivity contribution in [3.63, 3.8) is 0 Å². The number of Topliss-reactive ketones (excluding diaryl/α,β-unsaturated/α-hetero) is 1. The van der Waals surface area contributed by atoms with E-state index in [1.165, 1.54) is 18.2 Å². The molecule has 1 atom stereocenters. The number of para-hydroxylation sites is 1. The van der Waals surface area contributed by atoms with Crippen LogP contribution in [0.5, 0.6) is 0 Å². The Labute approximate surface area is 299 Å². The molecule has 0 saturated carbocycles. The maximum atomic E-state index is 15.2. The van der Waals surface area contributed by atoms with E-state index in [1.807, 2.05) is 18.2 Å². The zero-order valence-electron chi connectivity index (χ0n) is 27.2. The van der Waals surface area contributed by atoms with Gasteiger partial charge in [-0.05, 0) is 95.3 Å². The standard InChI is InChI=1S/C42H34Cl2F2N2O2/c43-33-16-12-31(13-17-33)42(32-14-18-34(44)19-15-32,40(49)20-11-28-5-3-7-35(45)23-28)41(50)47-22-21-30(26-47)38-27-48(39-10-2-1-9-37(38)39)25-29-6-4-8-36(46)24-29/h1-10,12-19,23-24,27,30H,11,20-22,25-26H2. The summed E-state index contributed by atoms with van der Waals surface area (Å²) in [5, 5.41) is 2.04. The van der Waals surface area contributed by atoms with Gasteiger partial charge in [0, 0.05) is 59.1 Å². The number of halogens is 4. The Bertz CT molecular complexity index is 2130. The molecule has 6 aromatic rings. The second-order valence-corrected chi connectivity index (χ2v) is 13.8. The molecule has 0 spiro atoms. The van der Waals surface area contributed by atoms with Crippen molar-refractivity contribution in [1.82, 2.24) is 9.47 Å². The smallest absolute Gasteiger partial charge is 0.245 e. The molecule has 1 fully saturated rings. The molecule has 252 valence electrons. The van der Waals surface area contributed by atoms with Gasteiger partial charge >= 0.3 is 0 Å². The van der Waals surface area contributed by atoms with Gasteiger partial charge in [0.1, 0.15) is 11.6 Å². The number of carbonyl (C=O) groups is 2. The van der Waals surface area contributed by atoms with E-state index in [9.17, 15) is 13.6 Å². The summed E-state index contributed by atoms with van der Waals surface area (Å²) in [6.07, 6.45) is 3.09. The van der Waals surface area contributed by atoms with Gasteiger partial charge in [0.15, 0.2) is 11.2 Å². The van der Waals surface area contributed by atoms with Crippen LogP contribution in [0.4, 0.5) is 8.78 Å². The Hall–Kier alpha value is -4.78. The number of nitrogens with zero attached hydrogens (tertiary/aromatic N) is 2. The number of likely N-dealkylation sites (tertiary alicyclic amines) is 1. The molecule has 4 nitrogen and oxygen atoms in total. The lowest BCUT2D eigenvalue weighted by Crippen LogP contribution is -2.52. The highest BCUT2D eigenvalue weighted by atomic mass is 35.5. The van der Waals surface area contributed by atoms with Gasteiger partial charge in [0.25, 0.3) is 0 Å². The maximum Gasteiger partial charge on any atom is 0.245 e. The first-order valence-corrected chi connectivity index (χ1v) is 17.4. The molecule has 7 rings (SSSR count). The van der Waals surface area contributed by atoms with Gasteiger partial charge in [-0.3, -0.25) is 9.59 Å². The summed E-state index contributed by atoms with van der Waals surface area (Å²) in [7, 11) is 0. The molecule has 2 heterocycles. The highest BCUT2D eigenvalue weighted by Crippen LogP contribution is 2.41. The van der Waals surface area contributed by atoms with Crippen molar-refractivity contribution >= 4 is 45.8 Å². The zero-order valence-corrected chi connectivity index (χ0v) is 28.7. The normalized spacial score (nSPS) is 14.7. The molecular formula is C42H34Cl2F2N2O2. The first kappa shape index (κ1) is 33.7. The number of carbonyl (C=O) groups excluding carboxylic acids is 2. The number of amides is 1. The van der Waals surface area contributed by atoms with Crippen LogP contribution in [-0.2, 0) is 28.0 Å². The van der Waals surface area contributed by atoms with Crippen LogP contribution in [0.2, 0.25) is 10.0 Å². The van der Waals surface area contributed by atoms with Crippen molar-refractivity contribution in [3.05, 3.63) is 177 Å². The van der Waals surface area contributed by atoms with Crippen LogP contribution in [0.3, 0.4) is 0 Å². The van der Waals surface area contributed by atoms with Gasteiger partial charge in [-0.15, -0.1) is 0 Å². The summed E-state index contributed by atoms with van der Waals surface area (Å²) >= 11 is 12.6. The second-order valence-electron chi connectivity index (χ2n) is 12.9. The van der Waals surface area contributed by atoms with Gasteiger partial charge in [-0.1, -0.05) is 89.9 Å². The molecule has 0 bridgehead atoms. The average molecular weight is 708 g/mol. The third-order valence-corrected chi connectivity index (χ3v) is 10.3. The van der Waals surface area contributed by atoms with Crippen molar-refractivity contribution in [3.8, 4) is 0 Å². The molecule has 8 heteroatoms. The monoisotopic (exact) mass is 706 g/mol. The lowest BCUT2D eigenvalue weighted by molar-refractivity contribution is -0.141. The number of fused-ring (bicyclic) bond motifs is 1. The van der Waals surface area contributed by atoms with Crippen LogP contribution >= 0.6 is 23.2 Å². The molecule has 5 aromatic carbocycles. The second kappa shape index (κ2) is 14.2. The topological polar surface area (TPSA) is 42.3 Å². The quantitative estimate of drug-likeness (QED) is 0.133. The number of hydrogen-bond acceptors (Lipinski definition) is 2. The van der Waals surface area contributed by atoms with Crippen LogP contribution in [0.15, 0.2) is 128 Å². The number of benzene rings is 5. The minimum atomic E-state index is -1.69. The molecule has 1 amide bonds. The van der Waals surface area contributed by atoms with Crippen LogP contribution in [-0.4, -0.2) is 34.2 Å². The van der Waals surface area contributed by atoms with E-state index >= 15 is 4.79 Å². The third kappa shape index (κ3) is 6.58. The van der Waals surface area contributed by atoms with Gasteiger partial charge in [-0.2, -0.15) is 0 Å². The average Bonchev–Trinajstić information content (AvgIpc) is 3.75. The van der Waals surface area contributed by atoms with E-state index in [-0.39, 0.29) is 42.1 Å². The predicted octanol–water partition coefficient (Wildman–Crippen LogP) is 9.78. The summed E-state index contributed by atoms with van der Waals surface area (Å²) in [6.45, 7) is 1.36. The van der Waals surface area contributed by atoms with Gasteiger partial charge in [0.05, 0.1) is 0 Å². The van der Waals surface area contributed by atoms with E-state index in [2.05, 4.69) is 22.9 Å². The predicted molar refractivity (Wildman–Crippen MR) is 195 cm³/mol. The molecule has 1 unspecified atom stereocenters. The van der Waals surface area contributed by atoms with Crippen molar-refractivity contribution in [2.24, 2.45) is 0 Å². The number of rotatable bonds is 10. The van der Waals surface area contributed by atoms with Gasteiger partial charge in [-0.25, -0.2) is 8.78 Å². The van der Waals surface area contributed by atoms with Crippen LogP contribution in [0, 0.1) is 11.6 Å². The number of ketones is 1. The molecule has 0 radical (unpaired) electrons. The van der Waals surface area contributed by atoms with E-state index < -0.39 is 5.41 Å². The third-order valence-electron chi connectivity index (χ3n) is 9.80. The van der Waals surface area contributed by atoms with Crippen molar-refractivity contribution in [2.45, 2.75) is 37.1 Å². The molecule has 1 aromatic heterocycles. The van der Waals surface area contributed by atoms with E-state index in [0.717, 1.165) is 22.0 Å². The van der Waals surface area contributed by atoms with Crippen LogP contribution < -0.4 is 0 Å². The molecule has 0 N–H and O–H groups in total. The lowest BCUT2D eigenvalue weighted by Gasteiger charge is -2.36. The Balaban J connectivity index is 1.26.